The third-order valence-electron chi connectivity index (χ3n) is 3.42. The lowest BCUT2D eigenvalue weighted by Gasteiger charge is -2.06. The average Bonchev–Trinajstić information content (AvgIpc) is 2.54. The second-order valence-corrected chi connectivity index (χ2v) is 5.51. The normalized spacial score (nSPS) is 10.3. The van der Waals surface area contributed by atoms with Crippen LogP contribution in [0.2, 0.25) is 5.02 Å². The van der Waals surface area contributed by atoms with Crippen molar-refractivity contribution < 1.29 is 9.53 Å². The van der Waals surface area contributed by atoms with Gasteiger partial charge in [-0.15, -0.1) is 0 Å². The predicted molar refractivity (Wildman–Crippen MR) is 89.5 cm³/mol. The molecular formula is C18H20ClNO2. The van der Waals surface area contributed by atoms with Crippen LogP contribution in [0.25, 0.3) is 0 Å². The highest BCUT2D eigenvalue weighted by Gasteiger charge is 2.03. The summed E-state index contributed by atoms with van der Waals surface area (Å²) >= 11 is 5.92. The van der Waals surface area contributed by atoms with E-state index in [2.05, 4.69) is 5.32 Å². The van der Waals surface area contributed by atoms with Gasteiger partial charge in [-0.2, -0.15) is 0 Å². The first-order chi connectivity index (χ1) is 10.7. The number of methoxy groups -OCH3 is 1. The van der Waals surface area contributed by atoms with Crippen molar-refractivity contribution in [2.75, 3.05) is 13.7 Å². The van der Waals surface area contributed by atoms with Gasteiger partial charge in [0, 0.05) is 18.0 Å². The zero-order valence-corrected chi connectivity index (χ0v) is 13.4. The maximum absolute atomic E-state index is 11.8. The van der Waals surface area contributed by atoms with Gasteiger partial charge < -0.3 is 10.1 Å². The van der Waals surface area contributed by atoms with Gasteiger partial charge in [-0.25, -0.2) is 0 Å². The first-order valence-corrected chi connectivity index (χ1v) is 7.69. The van der Waals surface area contributed by atoms with Crippen LogP contribution in [0.4, 0.5) is 0 Å². The van der Waals surface area contributed by atoms with Crippen LogP contribution in [0.15, 0.2) is 48.5 Å². The van der Waals surface area contributed by atoms with Gasteiger partial charge in [0.1, 0.15) is 5.75 Å². The van der Waals surface area contributed by atoms with Crippen molar-refractivity contribution in [2.24, 2.45) is 0 Å². The number of carbonyl (C=O) groups is 1. The largest absolute Gasteiger partial charge is 0.497 e. The molecule has 0 aliphatic carbocycles. The number of halogens is 1. The lowest BCUT2D eigenvalue weighted by molar-refractivity contribution is -0.121. The first kappa shape index (κ1) is 16.4. The number of aryl methyl sites for hydroxylation is 1. The van der Waals surface area contributed by atoms with Gasteiger partial charge in [0.25, 0.3) is 0 Å². The van der Waals surface area contributed by atoms with Crippen molar-refractivity contribution in [3.05, 3.63) is 64.7 Å². The van der Waals surface area contributed by atoms with Gasteiger partial charge in [0.2, 0.25) is 5.91 Å². The minimum Gasteiger partial charge on any atom is -0.497 e. The second kappa shape index (κ2) is 8.44. The van der Waals surface area contributed by atoms with Crippen LogP contribution >= 0.6 is 11.6 Å². The molecule has 2 aromatic rings. The Balaban J connectivity index is 1.69. The van der Waals surface area contributed by atoms with E-state index in [0.29, 0.717) is 24.4 Å². The number of nitrogens with one attached hydrogen (secondary N) is 1. The molecule has 0 saturated heterocycles. The summed E-state index contributed by atoms with van der Waals surface area (Å²) in [6, 6.07) is 15.5. The van der Waals surface area contributed by atoms with Crippen molar-refractivity contribution in [3.8, 4) is 5.75 Å². The summed E-state index contributed by atoms with van der Waals surface area (Å²) < 4.78 is 5.12. The van der Waals surface area contributed by atoms with E-state index < -0.39 is 0 Å². The third-order valence-corrected chi connectivity index (χ3v) is 3.66. The molecule has 0 aliphatic heterocycles. The van der Waals surface area contributed by atoms with E-state index >= 15 is 0 Å². The Labute approximate surface area is 136 Å². The standard InChI is InChI=1S/C18H20ClNO2/c1-22-17-8-5-14(6-9-17)11-12-20-18(21)10-7-15-3-2-4-16(19)13-15/h2-6,8-9,13H,7,10-12H2,1H3,(H,20,21). The molecule has 0 heterocycles. The van der Waals surface area contributed by atoms with Crippen LogP contribution in [-0.2, 0) is 17.6 Å². The minimum absolute atomic E-state index is 0.0634. The van der Waals surface area contributed by atoms with Gasteiger partial charge in [0.05, 0.1) is 7.11 Å². The van der Waals surface area contributed by atoms with Crippen molar-refractivity contribution in [1.29, 1.82) is 0 Å². The number of amides is 1. The fourth-order valence-corrected chi connectivity index (χ4v) is 2.39. The molecule has 2 aromatic carbocycles. The molecule has 0 fully saturated rings. The quantitative estimate of drug-likeness (QED) is 0.846. The summed E-state index contributed by atoms with van der Waals surface area (Å²) in [4.78, 5) is 11.8. The maximum Gasteiger partial charge on any atom is 0.220 e. The highest BCUT2D eigenvalue weighted by Crippen LogP contribution is 2.12. The van der Waals surface area contributed by atoms with Crippen LogP contribution < -0.4 is 10.1 Å². The number of benzene rings is 2. The zero-order valence-electron chi connectivity index (χ0n) is 12.6. The molecule has 1 amide bonds. The molecule has 2 rings (SSSR count). The van der Waals surface area contributed by atoms with Gasteiger partial charge in [-0.05, 0) is 48.2 Å². The molecule has 0 bridgehead atoms. The van der Waals surface area contributed by atoms with Gasteiger partial charge in [-0.1, -0.05) is 35.9 Å². The van der Waals surface area contributed by atoms with E-state index in [9.17, 15) is 4.79 Å². The molecule has 3 nitrogen and oxygen atoms in total. The molecule has 0 aliphatic rings. The summed E-state index contributed by atoms with van der Waals surface area (Å²) in [6.07, 6.45) is 1.99. The molecule has 0 saturated carbocycles. The summed E-state index contributed by atoms with van der Waals surface area (Å²) in [5.74, 6) is 0.905. The molecule has 0 unspecified atom stereocenters. The summed E-state index contributed by atoms with van der Waals surface area (Å²) in [6.45, 7) is 0.640. The fraction of sp³-hybridized carbons (Fsp3) is 0.278. The van der Waals surface area contributed by atoms with E-state index in [1.54, 1.807) is 7.11 Å². The van der Waals surface area contributed by atoms with Crippen LogP contribution in [0, 0.1) is 0 Å². The highest BCUT2D eigenvalue weighted by atomic mass is 35.5. The number of ether oxygens (including phenoxy) is 1. The average molecular weight is 318 g/mol. The molecule has 4 heteroatoms. The Morgan fingerprint density at radius 3 is 2.55 bits per heavy atom. The monoisotopic (exact) mass is 317 g/mol. The Bertz CT molecular complexity index is 611. The molecule has 116 valence electrons. The smallest absolute Gasteiger partial charge is 0.220 e. The van der Waals surface area contributed by atoms with Crippen LogP contribution in [0.1, 0.15) is 17.5 Å². The lowest BCUT2D eigenvalue weighted by atomic mass is 10.1. The van der Waals surface area contributed by atoms with Crippen molar-refractivity contribution in [2.45, 2.75) is 19.3 Å². The van der Waals surface area contributed by atoms with E-state index in [1.165, 1.54) is 5.56 Å². The van der Waals surface area contributed by atoms with E-state index in [4.69, 9.17) is 16.3 Å². The Morgan fingerprint density at radius 1 is 1.09 bits per heavy atom. The fourth-order valence-electron chi connectivity index (χ4n) is 2.18. The first-order valence-electron chi connectivity index (χ1n) is 7.31. The third kappa shape index (κ3) is 5.41. The van der Waals surface area contributed by atoms with E-state index in [1.807, 2.05) is 48.5 Å². The van der Waals surface area contributed by atoms with Crippen molar-refractivity contribution in [3.63, 3.8) is 0 Å². The molecular weight excluding hydrogens is 298 g/mol. The number of hydrogen-bond acceptors (Lipinski definition) is 2. The molecule has 22 heavy (non-hydrogen) atoms. The van der Waals surface area contributed by atoms with E-state index in [-0.39, 0.29) is 5.91 Å². The topological polar surface area (TPSA) is 38.3 Å². The summed E-state index contributed by atoms with van der Waals surface area (Å²) in [7, 11) is 1.65. The Kier molecular flexibility index (Phi) is 6.28. The van der Waals surface area contributed by atoms with E-state index in [0.717, 1.165) is 17.7 Å². The predicted octanol–water partition coefficient (Wildman–Crippen LogP) is 3.64. The number of carbonyl (C=O) groups excluding carboxylic acids is 1. The summed E-state index contributed by atoms with van der Waals surface area (Å²) in [5.41, 5.74) is 2.26. The second-order valence-electron chi connectivity index (χ2n) is 5.08. The molecule has 0 aromatic heterocycles. The van der Waals surface area contributed by atoms with Gasteiger partial charge in [0.15, 0.2) is 0 Å². The van der Waals surface area contributed by atoms with Crippen LogP contribution in [0.5, 0.6) is 5.75 Å². The zero-order chi connectivity index (χ0) is 15.8. The van der Waals surface area contributed by atoms with Crippen molar-refractivity contribution in [1.82, 2.24) is 5.32 Å². The molecule has 1 N–H and O–H groups in total. The Hall–Kier alpha value is -2.00. The van der Waals surface area contributed by atoms with Gasteiger partial charge in [-0.3, -0.25) is 4.79 Å². The SMILES string of the molecule is COc1ccc(CCNC(=O)CCc2cccc(Cl)c2)cc1. The minimum atomic E-state index is 0.0634. The maximum atomic E-state index is 11.8. The van der Waals surface area contributed by atoms with Gasteiger partial charge >= 0.3 is 0 Å². The lowest BCUT2D eigenvalue weighted by Crippen LogP contribution is -2.25. The van der Waals surface area contributed by atoms with Crippen LogP contribution in [0.3, 0.4) is 0 Å². The number of hydrogen-bond donors (Lipinski definition) is 1. The highest BCUT2D eigenvalue weighted by molar-refractivity contribution is 6.30. The molecule has 0 spiro atoms. The van der Waals surface area contributed by atoms with Crippen LogP contribution in [-0.4, -0.2) is 19.6 Å². The summed E-state index contributed by atoms with van der Waals surface area (Å²) in [5, 5.41) is 3.65. The Morgan fingerprint density at radius 2 is 1.86 bits per heavy atom. The molecule has 0 atom stereocenters. The van der Waals surface area contributed by atoms with Crippen molar-refractivity contribution >= 4 is 17.5 Å². The molecule has 0 radical (unpaired) electrons. The number of rotatable bonds is 7.